The molecule has 0 radical (unpaired) electrons. The maximum absolute atomic E-state index is 11.3. The van der Waals surface area contributed by atoms with Gasteiger partial charge in [0.05, 0.1) is 18.4 Å². The smallest absolute Gasteiger partial charge is 0.339 e. The number of esters is 1. The van der Waals surface area contributed by atoms with E-state index in [0.717, 1.165) is 25.3 Å². The summed E-state index contributed by atoms with van der Waals surface area (Å²) < 4.78 is 4.65. The van der Waals surface area contributed by atoms with E-state index in [1.54, 1.807) is 12.3 Å². The van der Waals surface area contributed by atoms with Gasteiger partial charge in [0.15, 0.2) is 0 Å². The van der Waals surface area contributed by atoms with Crippen LogP contribution in [0.3, 0.4) is 0 Å². The molecule has 0 bridgehead atoms. The second-order valence-electron chi connectivity index (χ2n) is 4.95. The number of nitrogens with one attached hydrogen (secondary N) is 1. The second-order valence-corrected chi connectivity index (χ2v) is 4.95. The number of nitrogens with zero attached hydrogens (tertiary/aromatic N) is 2. The molecule has 0 saturated carbocycles. The van der Waals surface area contributed by atoms with E-state index in [4.69, 9.17) is 0 Å². The first-order chi connectivity index (χ1) is 9.20. The maximum atomic E-state index is 11.3. The van der Waals surface area contributed by atoms with Gasteiger partial charge in [-0.2, -0.15) is 0 Å². The van der Waals surface area contributed by atoms with Crippen LogP contribution in [0.5, 0.6) is 0 Å². The highest BCUT2D eigenvalue weighted by atomic mass is 16.5. The van der Waals surface area contributed by atoms with Gasteiger partial charge >= 0.3 is 5.97 Å². The standard InChI is InChI=1S/C14H21N3O2/c1-17(13-4-3-7-15-9-13)10-12-6-5-11(8-16-12)14(18)19-2/h5-6,8,13,15H,3-4,7,9-10H2,1-2H3. The van der Waals surface area contributed by atoms with Crippen LogP contribution < -0.4 is 5.32 Å². The van der Waals surface area contributed by atoms with Gasteiger partial charge in [-0.25, -0.2) is 4.79 Å². The van der Waals surface area contributed by atoms with Gasteiger partial charge in [0.2, 0.25) is 0 Å². The molecule has 1 aromatic heterocycles. The minimum atomic E-state index is -0.344. The summed E-state index contributed by atoms with van der Waals surface area (Å²) in [5.41, 5.74) is 1.47. The highest BCUT2D eigenvalue weighted by Gasteiger charge is 2.18. The zero-order valence-electron chi connectivity index (χ0n) is 11.6. The zero-order chi connectivity index (χ0) is 13.7. The van der Waals surface area contributed by atoms with E-state index < -0.39 is 0 Å². The fourth-order valence-corrected chi connectivity index (χ4v) is 2.35. The quantitative estimate of drug-likeness (QED) is 0.823. The number of pyridine rings is 1. The Balaban J connectivity index is 1.93. The number of carbonyl (C=O) groups excluding carboxylic acids is 1. The van der Waals surface area contributed by atoms with Gasteiger partial charge in [-0.1, -0.05) is 0 Å². The van der Waals surface area contributed by atoms with Crippen molar-refractivity contribution in [3.63, 3.8) is 0 Å². The van der Waals surface area contributed by atoms with Gasteiger partial charge < -0.3 is 10.1 Å². The molecule has 1 aromatic rings. The Hall–Kier alpha value is -1.46. The van der Waals surface area contributed by atoms with Crippen LogP contribution in [0.15, 0.2) is 18.3 Å². The third-order valence-corrected chi connectivity index (χ3v) is 3.55. The number of ether oxygens (including phenoxy) is 1. The lowest BCUT2D eigenvalue weighted by molar-refractivity contribution is 0.0600. The maximum Gasteiger partial charge on any atom is 0.339 e. The van der Waals surface area contributed by atoms with Crippen molar-refractivity contribution in [1.82, 2.24) is 15.2 Å². The van der Waals surface area contributed by atoms with E-state index in [1.165, 1.54) is 20.0 Å². The lowest BCUT2D eigenvalue weighted by Gasteiger charge is -2.31. The third kappa shape index (κ3) is 3.75. The molecule has 1 atom stereocenters. The summed E-state index contributed by atoms with van der Waals surface area (Å²) in [7, 11) is 3.49. The van der Waals surface area contributed by atoms with Gasteiger partial charge in [-0.05, 0) is 38.6 Å². The molecule has 1 saturated heterocycles. The summed E-state index contributed by atoms with van der Waals surface area (Å²) >= 11 is 0. The van der Waals surface area contributed by atoms with E-state index in [0.29, 0.717) is 11.6 Å². The molecule has 1 fully saturated rings. The van der Waals surface area contributed by atoms with Gasteiger partial charge in [-0.3, -0.25) is 9.88 Å². The summed E-state index contributed by atoms with van der Waals surface area (Å²) in [6, 6.07) is 4.22. The highest BCUT2D eigenvalue weighted by Crippen LogP contribution is 2.11. The third-order valence-electron chi connectivity index (χ3n) is 3.55. The Morgan fingerprint density at radius 1 is 1.58 bits per heavy atom. The number of likely N-dealkylation sites (N-methyl/N-ethyl adjacent to an activating group) is 1. The topological polar surface area (TPSA) is 54.5 Å². The highest BCUT2D eigenvalue weighted by molar-refractivity contribution is 5.88. The van der Waals surface area contributed by atoms with Crippen molar-refractivity contribution in [2.24, 2.45) is 0 Å². The monoisotopic (exact) mass is 263 g/mol. The van der Waals surface area contributed by atoms with Crippen molar-refractivity contribution in [3.8, 4) is 0 Å². The normalized spacial score (nSPS) is 19.4. The molecule has 2 rings (SSSR count). The molecular formula is C14H21N3O2. The Bertz CT molecular complexity index is 413. The molecule has 0 aliphatic carbocycles. The molecule has 1 aliphatic heterocycles. The fraction of sp³-hybridized carbons (Fsp3) is 0.571. The first-order valence-corrected chi connectivity index (χ1v) is 6.65. The van der Waals surface area contributed by atoms with Crippen molar-refractivity contribution in [3.05, 3.63) is 29.6 Å². The number of methoxy groups -OCH3 is 1. The minimum Gasteiger partial charge on any atom is -0.465 e. The number of hydrogen-bond acceptors (Lipinski definition) is 5. The molecule has 0 spiro atoms. The first-order valence-electron chi connectivity index (χ1n) is 6.65. The summed E-state index contributed by atoms with van der Waals surface area (Å²) in [5, 5.41) is 3.41. The Morgan fingerprint density at radius 3 is 3.00 bits per heavy atom. The van der Waals surface area contributed by atoms with Crippen LogP contribution in [0.4, 0.5) is 0 Å². The molecule has 5 nitrogen and oxygen atoms in total. The van der Waals surface area contributed by atoms with Gasteiger partial charge in [0.25, 0.3) is 0 Å². The van der Waals surface area contributed by atoms with E-state index in [1.807, 2.05) is 6.07 Å². The van der Waals surface area contributed by atoms with Gasteiger partial charge in [-0.15, -0.1) is 0 Å². The fourth-order valence-electron chi connectivity index (χ4n) is 2.35. The molecule has 0 aromatic carbocycles. The van der Waals surface area contributed by atoms with E-state index in [2.05, 4.69) is 27.0 Å². The number of piperidine rings is 1. The number of rotatable bonds is 4. The summed E-state index contributed by atoms with van der Waals surface area (Å²) in [6.07, 6.45) is 4.03. The molecule has 1 aliphatic rings. The van der Waals surface area contributed by atoms with Crippen molar-refractivity contribution >= 4 is 5.97 Å². The molecule has 104 valence electrons. The van der Waals surface area contributed by atoms with Crippen molar-refractivity contribution in [2.45, 2.75) is 25.4 Å². The Morgan fingerprint density at radius 2 is 2.42 bits per heavy atom. The van der Waals surface area contributed by atoms with E-state index in [9.17, 15) is 4.79 Å². The van der Waals surface area contributed by atoms with Crippen molar-refractivity contribution in [2.75, 3.05) is 27.2 Å². The van der Waals surface area contributed by atoms with Crippen LogP contribution >= 0.6 is 0 Å². The van der Waals surface area contributed by atoms with Crippen LogP contribution in [0.1, 0.15) is 28.9 Å². The molecule has 19 heavy (non-hydrogen) atoms. The van der Waals surface area contributed by atoms with Crippen LogP contribution in [0.2, 0.25) is 0 Å². The van der Waals surface area contributed by atoms with E-state index in [-0.39, 0.29) is 5.97 Å². The lowest BCUT2D eigenvalue weighted by Crippen LogP contribution is -2.43. The Labute approximate surface area is 114 Å². The molecule has 2 heterocycles. The molecule has 1 N–H and O–H groups in total. The molecular weight excluding hydrogens is 242 g/mol. The SMILES string of the molecule is COC(=O)c1ccc(CN(C)C2CCCNC2)nc1. The summed E-state index contributed by atoms with van der Waals surface area (Å²) in [5.74, 6) is -0.344. The summed E-state index contributed by atoms with van der Waals surface area (Å²) in [4.78, 5) is 17.9. The van der Waals surface area contributed by atoms with Gasteiger partial charge in [0.1, 0.15) is 0 Å². The number of carbonyl (C=O) groups is 1. The molecule has 0 amide bonds. The van der Waals surface area contributed by atoms with Crippen LogP contribution in [-0.4, -0.2) is 49.1 Å². The number of hydrogen-bond donors (Lipinski definition) is 1. The largest absolute Gasteiger partial charge is 0.465 e. The van der Waals surface area contributed by atoms with Crippen LogP contribution in [-0.2, 0) is 11.3 Å². The average molecular weight is 263 g/mol. The van der Waals surface area contributed by atoms with Crippen molar-refractivity contribution in [1.29, 1.82) is 0 Å². The molecule has 1 unspecified atom stereocenters. The molecule has 5 heteroatoms. The minimum absolute atomic E-state index is 0.344. The predicted octanol–water partition coefficient (Wildman–Crippen LogP) is 1.05. The van der Waals surface area contributed by atoms with Crippen molar-refractivity contribution < 1.29 is 9.53 Å². The first kappa shape index (κ1) is 14.0. The van der Waals surface area contributed by atoms with Crippen LogP contribution in [0, 0.1) is 0 Å². The summed E-state index contributed by atoms with van der Waals surface area (Å²) in [6.45, 7) is 2.96. The van der Waals surface area contributed by atoms with E-state index >= 15 is 0 Å². The zero-order valence-corrected chi connectivity index (χ0v) is 11.6. The predicted molar refractivity (Wildman–Crippen MR) is 72.9 cm³/mol. The van der Waals surface area contributed by atoms with Gasteiger partial charge in [0, 0.05) is 25.3 Å². The number of aromatic nitrogens is 1. The Kier molecular flexibility index (Phi) is 4.87. The average Bonchev–Trinajstić information content (AvgIpc) is 2.48. The second kappa shape index (κ2) is 6.63. The lowest BCUT2D eigenvalue weighted by atomic mass is 10.1. The van der Waals surface area contributed by atoms with Crippen LogP contribution in [0.25, 0.3) is 0 Å².